The van der Waals surface area contributed by atoms with Gasteiger partial charge in [0.15, 0.2) is 0 Å². The SMILES string of the molecule is FCCN1CCC(CNc2nn3c(-c4cccc(OC(F)(F)F)c4)cnc3s2)CC1. The predicted octanol–water partition coefficient (Wildman–Crippen LogP) is 4.45. The molecule has 0 aliphatic carbocycles. The van der Waals surface area contributed by atoms with Gasteiger partial charge < -0.3 is 15.0 Å². The van der Waals surface area contributed by atoms with Crippen LogP contribution in [0, 0.1) is 5.92 Å². The fraction of sp³-hybridized carbons (Fsp3) is 0.474. The molecule has 2 aromatic heterocycles. The number of nitrogens with zero attached hydrogens (tertiary/aromatic N) is 4. The molecule has 0 spiro atoms. The number of nitrogens with one attached hydrogen (secondary N) is 1. The maximum Gasteiger partial charge on any atom is 0.573 e. The quantitative estimate of drug-likeness (QED) is 0.547. The van der Waals surface area contributed by atoms with Crippen molar-refractivity contribution in [1.29, 1.82) is 0 Å². The second-order valence-electron chi connectivity index (χ2n) is 7.18. The van der Waals surface area contributed by atoms with Crippen molar-refractivity contribution in [3.05, 3.63) is 30.5 Å². The molecule has 3 heterocycles. The van der Waals surface area contributed by atoms with Gasteiger partial charge in [-0.25, -0.2) is 13.9 Å². The van der Waals surface area contributed by atoms with Gasteiger partial charge in [-0.15, -0.1) is 18.3 Å². The van der Waals surface area contributed by atoms with E-state index in [9.17, 15) is 17.6 Å². The Morgan fingerprint density at radius 3 is 2.77 bits per heavy atom. The van der Waals surface area contributed by atoms with Gasteiger partial charge in [-0.3, -0.25) is 0 Å². The molecule has 1 aliphatic rings. The molecule has 0 unspecified atom stereocenters. The highest BCUT2D eigenvalue weighted by molar-refractivity contribution is 7.20. The molecule has 4 rings (SSSR count). The maximum absolute atomic E-state index is 12.5. The van der Waals surface area contributed by atoms with Gasteiger partial charge in [-0.2, -0.15) is 0 Å². The van der Waals surface area contributed by atoms with Crippen LogP contribution in [0.4, 0.5) is 22.7 Å². The van der Waals surface area contributed by atoms with E-state index in [0.717, 1.165) is 32.5 Å². The number of benzene rings is 1. The topological polar surface area (TPSA) is 54.7 Å². The number of piperidine rings is 1. The molecular weight excluding hydrogens is 422 g/mol. The zero-order chi connectivity index (χ0) is 21.1. The van der Waals surface area contributed by atoms with Crippen molar-refractivity contribution in [3.8, 4) is 17.0 Å². The van der Waals surface area contributed by atoms with E-state index in [1.165, 1.54) is 29.5 Å². The van der Waals surface area contributed by atoms with Crippen molar-refractivity contribution in [1.82, 2.24) is 19.5 Å². The molecule has 1 aliphatic heterocycles. The molecular formula is C19H21F4N5OS. The summed E-state index contributed by atoms with van der Waals surface area (Å²) in [6.45, 7) is 2.76. The van der Waals surface area contributed by atoms with Gasteiger partial charge in [0.1, 0.15) is 12.4 Å². The fourth-order valence-electron chi connectivity index (χ4n) is 3.58. The molecule has 30 heavy (non-hydrogen) atoms. The van der Waals surface area contributed by atoms with Gasteiger partial charge in [0.25, 0.3) is 0 Å². The summed E-state index contributed by atoms with van der Waals surface area (Å²) in [5.74, 6) is 0.204. The lowest BCUT2D eigenvalue weighted by atomic mass is 9.97. The third-order valence-corrected chi connectivity index (χ3v) is 5.98. The molecule has 0 saturated carbocycles. The highest BCUT2D eigenvalue weighted by Gasteiger charge is 2.31. The molecule has 1 fully saturated rings. The van der Waals surface area contributed by atoms with Gasteiger partial charge >= 0.3 is 6.36 Å². The van der Waals surface area contributed by atoms with E-state index < -0.39 is 6.36 Å². The van der Waals surface area contributed by atoms with Gasteiger partial charge in [-0.1, -0.05) is 23.5 Å². The highest BCUT2D eigenvalue weighted by atomic mass is 32.1. The highest BCUT2D eigenvalue weighted by Crippen LogP contribution is 2.30. The van der Waals surface area contributed by atoms with Crippen molar-refractivity contribution < 1.29 is 22.3 Å². The van der Waals surface area contributed by atoms with E-state index in [0.29, 0.717) is 33.8 Å². The summed E-state index contributed by atoms with van der Waals surface area (Å²) >= 11 is 1.38. The number of alkyl halides is 4. The van der Waals surface area contributed by atoms with Crippen LogP contribution in [0.25, 0.3) is 16.2 Å². The van der Waals surface area contributed by atoms with Gasteiger partial charge in [0, 0.05) is 18.7 Å². The maximum atomic E-state index is 12.5. The average Bonchev–Trinajstić information content (AvgIpc) is 3.27. The van der Waals surface area contributed by atoms with Crippen LogP contribution in [0.15, 0.2) is 30.5 Å². The number of likely N-dealkylation sites (tertiary alicyclic amines) is 1. The minimum atomic E-state index is -4.74. The minimum Gasteiger partial charge on any atom is -0.406 e. The van der Waals surface area contributed by atoms with E-state index in [4.69, 9.17) is 0 Å². The number of imidazole rings is 1. The molecule has 1 aromatic carbocycles. The Morgan fingerprint density at radius 1 is 1.23 bits per heavy atom. The van der Waals surface area contributed by atoms with Crippen LogP contribution in [0.5, 0.6) is 5.75 Å². The van der Waals surface area contributed by atoms with Crippen molar-refractivity contribution in [2.75, 3.05) is 38.2 Å². The number of anilines is 1. The summed E-state index contributed by atoms with van der Waals surface area (Å²) < 4.78 is 55.5. The third-order valence-electron chi connectivity index (χ3n) is 5.10. The van der Waals surface area contributed by atoms with Crippen molar-refractivity contribution in [2.24, 2.45) is 5.92 Å². The normalized spacial score (nSPS) is 16.3. The Hall–Kier alpha value is -2.40. The van der Waals surface area contributed by atoms with E-state index in [2.05, 4.69) is 25.0 Å². The molecule has 0 radical (unpaired) electrons. The van der Waals surface area contributed by atoms with Crippen LogP contribution in [-0.2, 0) is 0 Å². The zero-order valence-corrected chi connectivity index (χ0v) is 16.8. The van der Waals surface area contributed by atoms with Crippen molar-refractivity contribution in [2.45, 2.75) is 19.2 Å². The van der Waals surface area contributed by atoms with Crippen molar-refractivity contribution in [3.63, 3.8) is 0 Å². The van der Waals surface area contributed by atoms with E-state index >= 15 is 0 Å². The Bertz CT molecular complexity index is 981. The number of aromatic nitrogens is 3. The Kier molecular flexibility index (Phi) is 6.09. The first-order chi connectivity index (χ1) is 14.4. The van der Waals surface area contributed by atoms with Gasteiger partial charge in [0.05, 0.1) is 11.9 Å². The number of hydrogen-bond acceptors (Lipinski definition) is 6. The molecule has 0 atom stereocenters. The number of rotatable bonds is 7. The molecule has 6 nitrogen and oxygen atoms in total. The average molecular weight is 443 g/mol. The first-order valence-corrected chi connectivity index (χ1v) is 10.5. The van der Waals surface area contributed by atoms with Gasteiger partial charge in [-0.05, 0) is 44.0 Å². The Balaban J connectivity index is 1.42. The summed E-state index contributed by atoms with van der Waals surface area (Å²) in [4.78, 5) is 7.10. The smallest absolute Gasteiger partial charge is 0.406 e. The molecule has 0 amide bonds. The Labute approximate surface area is 174 Å². The minimum absolute atomic E-state index is 0.289. The third kappa shape index (κ3) is 5.01. The number of halogens is 4. The molecule has 162 valence electrons. The second kappa shape index (κ2) is 8.76. The first kappa shape index (κ1) is 20.9. The monoisotopic (exact) mass is 443 g/mol. The lowest BCUT2D eigenvalue weighted by Gasteiger charge is -2.31. The number of ether oxygens (including phenoxy) is 1. The summed E-state index contributed by atoms with van der Waals surface area (Å²) in [7, 11) is 0. The molecule has 11 heteroatoms. The number of fused-ring (bicyclic) bond motifs is 1. The van der Waals surface area contributed by atoms with E-state index in [-0.39, 0.29) is 12.4 Å². The van der Waals surface area contributed by atoms with E-state index in [1.807, 2.05) is 0 Å². The molecule has 1 saturated heterocycles. The molecule has 0 bridgehead atoms. The second-order valence-corrected chi connectivity index (χ2v) is 8.13. The zero-order valence-electron chi connectivity index (χ0n) is 16.0. The summed E-state index contributed by atoms with van der Waals surface area (Å²) in [6.07, 6.45) is -1.15. The van der Waals surface area contributed by atoms with Crippen LogP contribution in [0.2, 0.25) is 0 Å². The first-order valence-electron chi connectivity index (χ1n) is 9.64. The lowest BCUT2D eigenvalue weighted by Crippen LogP contribution is -2.37. The summed E-state index contributed by atoms with van der Waals surface area (Å²) in [5, 5.41) is 8.56. The molecule has 1 N–H and O–H groups in total. The summed E-state index contributed by atoms with van der Waals surface area (Å²) in [6, 6.07) is 5.75. The van der Waals surface area contributed by atoms with Crippen LogP contribution >= 0.6 is 11.3 Å². The largest absolute Gasteiger partial charge is 0.573 e. The van der Waals surface area contributed by atoms with Gasteiger partial charge in [0.2, 0.25) is 10.1 Å². The summed E-state index contributed by atoms with van der Waals surface area (Å²) in [5.41, 5.74) is 1.11. The van der Waals surface area contributed by atoms with Crippen LogP contribution < -0.4 is 10.1 Å². The number of hydrogen-bond donors (Lipinski definition) is 1. The van der Waals surface area contributed by atoms with E-state index in [1.54, 1.807) is 16.8 Å². The predicted molar refractivity (Wildman–Crippen MR) is 107 cm³/mol. The fourth-order valence-corrected chi connectivity index (χ4v) is 4.36. The molecule has 3 aromatic rings. The lowest BCUT2D eigenvalue weighted by molar-refractivity contribution is -0.274. The Morgan fingerprint density at radius 2 is 2.03 bits per heavy atom. The van der Waals surface area contributed by atoms with Crippen LogP contribution in [0.1, 0.15) is 12.8 Å². The standard InChI is InChI=1S/C19H21F4N5OS/c20-6-9-27-7-4-13(5-8-27)11-24-17-26-28-16(12-25-18(28)30-17)14-2-1-3-15(10-14)29-19(21,22)23/h1-3,10,12-13H,4-9,11H2,(H,24,26). The van der Waals surface area contributed by atoms with Crippen LogP contribution in [-0.4, -0.2) is 58.7 Å². The van der Waals surface area contributed by atoms with Crippen LogP contribution in [0.3, 0.4) is 0 Å². The van der Waals surface area contributed by atoms with Crippen molar-refractivity contribution >= 4 is 21.4 Å².